The van der Waals surface area contributed by atoms with E-state index in [4.69, 9.17) is 4.74 Å². The van der Waals surface area contributed by atoms with Crippen molar-refractivity contribution in [2.45, 2.75) is 51.6 Å². The number of carbonyl (C=O) groups excluding carboxylic acids is 1. The second-order valence-electron chi connectivity index (χ2n) is 8.75. The minimum absolute atomic E-state index is 0.0535. The molecule has 0 radical (unpaired) electrons. The summed E-state index contributed by atoms with van der Waals surface area (Å²) in [5, 5.41) is 3.03. The normalized spacial score (nSPS) is 11.9. The number of hydrogen-bond donors (Lipinski definition) is 1. The van der Waals surface area contributed by atoms with Gasteiger partial charge in [0.15, 0.2) is 11.4 Å². The molecule has 0 bridgehead atoms. The third kappa shape index (κ3) is 6.47. The topological polar surface area (TPSA) is 55.6 Å². The van der Waals surface area contributed by atoms with Crippen LogP contribution in [-0.2, 0) is 11.4 Å². The number of aromatic nitrogens is 2. The Kier molecular flexibility index (Phi) is 8.49. The zero-order valence-corrected chi connectivity index (χ0v) is 20.1. The molecule has 1 amide bonds. The number of imidazole rings is 1. The summed E-state index contributed by atoms with van der Waals surface area (Å²) >= 11 is 0. The van der Waals surface area contributed by atoms with Crippen LogP contribution in [0.5, 0.6) is 5.75 Å². The molecule has 0 aliphatic heterocycles. The maximum absolute atomic E-state index is 14.1. The Bertz CT molecular complexity index is 1240. The smallest absolute Gasteiger partial charge is 0.221 e. The minimum Gasteiger partial charge on any atom is -0.485 e. The van der Waals surface area contributed by atoms with Gasteiger partial charge in [0.05, 0.1) is 5.69 Å². The summed E-state index contributed by atoms with van der Waals surface area (Å²) in [4.78, 5) is 17.5. The number of halogens is 1. The van der Waals surface area contributed by atoms with Crippen LogP contribution in [0, 0.1) is 5.82 Å². The van der Waals surface area contributed by atoms with Crippen molar-refractivity contribution in [2.24, 2.45) is 0 Å². The summed E-state index contributed by atoms with van der Waals surface area (Å²) in [7, 11) is 0. The molecule has 35 heavy (non-hydrogen) atoms. The van der Waals surface area contributed by atoms with Crippen LogP contribution >= 0.6 is 0 Å². The SMILES string of the molecule is CCCCCCNC(=O)CC(c1cccc(F)c1)c1cnc2c(OCc3ccccc3)cccn12. The number of ether oxygens (including phenoxy) is 1. The molecular weight excluding hydrogens is 441 g/mol. The second kappa shape index (κ2) is 12.2. The number of unbranched alkanes of at least 4 members (excludes halogenated alkanes) is 3. The number of nitrogens with zero attached hydrogens (tertiary/aromatic N) is 2. The predicted octanol–water partition coefficient (Wildman–Crippen LogP) is 6.27. The molecule has 182 valence electrons. The Labute approximate surface area is 206 Å². The van der Waals surface area contributed by atoms with Crippen molar-refractivity contribution in [2.75, 3.05) is 6.54 Å². The summed E-state index contributed by atoms with van der Waals surface area (Å²) in [6.07, 6.45) is 8.25. The van der Waals surface area contributed by atoms with E-state index < -0.39 is 0 Å². The monoisotopic (exact) mass is 473 g/mol. The lowest BCUT2D eigenvalue weighted by molar-refractivity contribution is -0.121. The highest BCUT2D eigenvalue weighted by molar-refractivity contribution is 5.77. The number of fused-ring (bicyclic) bond motifs is 1. The summed E-state index contributed by atoms with van der Waals surface area (Å²) in [6.45, 7) is 3.24. The van der Waals surface area contributed by atoms with Crippen molar-refractivity contribution in [3.8, 4) is 5.75 Å². The average Bonchev–Trinajstić information content (AvgIpc) is 3.31. The Hall–Kier alpha value is -3.67. The van der Waals surface area contributed by atoms with Crippen LogP contribution in [0.4, 0.5) is 4.39 Å². The van der Waals surface area contributed by atoms with E-state index in [1.54, 1.807) is 12.3 Å². The molecule has 5 nitrogen and oxygen atoms in total. The molecule has 0 aliphatic rings. The van der Waals surface area contributed by atoms with Crippen LogP contribution in [0.3, 0.4) is 0 Å². The number of hydrogen-bond acceptors (Lipinski definition) is 3. The first kappa shape index (κ1) is 24.5. The van der Waals surface area contributed by atoms with E-state index in [2.05, 4.69) is 17.2 Å². The van der Waals surface area contributed by atoms with E-state index in [1.165, 1.54) is 12.1 Å². The Balaban J connectivity index is 1.57. The van der Waals surface area contributed by atoms with Gasteiger partial charge in [-0.05, 0) is 41.8 Å². The number of pyridine rings is 1. The average molecular weight is 474 g/mol. The molecule has 1 unspecified atom stereocenters. The van der Waals surface area contributed by atoms with Crippen LogP contribution in [0.25, 0.3) is 5.65 Å². The molecule has 0 aliphatic carbocycles. The van der Waals surface area contributed by atoms with Crippen molar-refractivity contribution < 1.29 is 13.9 Å². The number of nitrogens with one attached hydrogen (secondary N) is 1. The van der Waals surface area contributed by atoms with E-state index in [0.717, 1.165) is 42.5 Å². The number of benzene rings is 2. The molecule has 1 atom stereocenters. The molecule has 1 N–H and O–H groups in total. The summed E-state index contributed by atoms with van der Waals surface area (Å²) in [5.74, 6) is -0.0722. The fourth-order valence-electron chi connectivity index (χ4n) is 4.26. The molecule has 6 heteroatoms. The molecule has 4 aromatic rings. The lowest BCUT2D eigenvalue weighted by atomic mass is 9.92. The maximum Gasteiger partial charge on any atom is 0.221 e. The Morgan fingerprint density at radius 3 is 2.71 bits per heavy atom. The van der Waals surface area contributed by atoms with E-state index in [-0.39, 0.29) is 24.1 Å². The van der Waals surface area contributed by atoms with Gasteiger partial charge in [0.25, 0.3) is 0 Å². The first-order chi connectivity index (χ1) is 17.2. The van der Waals surface area contributed by atoms with E-state index >= 15 is 0 Å². The zero-order chi connectivity index (χ0) is 24.5. The van der Waals surface area contributed by atoms with Crippen molar-refractivity contribution in [1.29, 1.82) is 0 Å². The van der Waals surface area contributed by atoms with Crippen LogP contribution in [-0.4, -0.2) is 21.8 Å². The summed E-state index contributed by atoms with van der Waals surface area (Å²) < 4.78 is 22.1. The lowest BCUT2D eigenvalue weighted by Crippen LogP contribution is -2.26. The standard InChI is InChI=1S/C29H32FN3O2/c1-2-3-4-8-16-31-28(34)19-25(23-13-9-14-24(30)18-23)26-20-32-29-27(15-10-17-33(26)29)35-21-22-11-6-5-7-12-22/h5-7,9-15,17-18,20,25H,2-4,8,16,19,21H2,1H3,(H,31,34). The molecule has 4 rings (SSSR count). The van der Waals surface area contributed by atoms with Crippen LogP contribution in [0.1, 0.15) is 61.8 Å². The lowest BCUT2D eigenvalue weighted by Gasteiger charge is -2.18. The fraction of sp³-hybridized carbons (Fsp3) is 0.310. The minimum atomic E-state index is -0.347. The van der Waals surface area contributed by atoms with Crippen LogP contribution in [0.2, 0.25) is 0 Å². The van der Waals surface area contributed by atoms with Crippen molar-refractivity contribution in [3.05, 3.63) is 102 Å². The third-order valence-corrected chi connectivity index (χ3v) is 6.12. The highest BCUT2D eigenvalue weighted by Crippen LogP contribution is 2.31. The summed E-state index contributed by atoms with van der Waals surface area (Å²) in [6, 6.07) is 20.2. The van der Waals surface area contributed by atoms with Gasteiger partial charge in [0.1, 0.15) is 12.4 Å². The summed E-state index contributed by atoms with van der Waals surface area (Å²) in [5.41, 5.74) is 3.29. The molecule has 0 spiro atoms. The molecule has 0 saturated heterocycles. The highest BCUT2D eigenvalue weighted by Gasteiger charge is 2.23. The number of carbonyl (C=O) groups is 1. The van der Waals surface area contributed by atoms with E-state index in [0.29, 0.717) is 24.5 Å². The van der Waals surface area contributed by atoms with Gasteiger partial charge in [0.2, 0.25) is 5.91 Å². The third-order valence-electron chi connectivity index (χ3n) is 6.12. The Morgan fingerprint density at radius 2 is 1.91 bits per heavy atom. The van der Waals surface area contributed by atoms with Gasteiger partial charge in [-0.25, -0.2) is 9.37 Å². The molecule has 0 fully saturated rings. The molecular formula is C29H32FN3O2. The zero-order valence-electron chi connectivity index (χ0n) is 20.1. The van der Waals surface area contributed by atoms with Crippen LogP contribution in [0.15, 0.2) is 79.1 Å². The van der Waals surface area contributed by atoms with Crippen molar-refractivity contribution >= 4 is 11.6 Å². The first-order valence-corrected chi connectivity index (χ1v) is 12.3. The van der Waals surface area contributed by atoms with Crippen molar-refractivity contribution in [1.82, 2.24) is 14.7 Å². The first-order valence-electron chi connectivity index (χ1n) is 12.3. The quantitative estimate of drug-likeness (QED) is 0.247. The molecule has 2 aromatic heterocycles. The van der Waals surface area contributed by atoms with E-state index in [1.807, 2.05) is 59.1 Å². The van der Waals surface area contributed by atoms with Crippen molar-refractivity contribution in [3.63, 3.8) is 0 Å². The van der Waals surface area contributed by atoms with Crippen LogP contribution < -0.4 is 10.1 Å². The van der Waals surface area contributed by atoms with Gasteiger partial charge < -0.3 is 14.5 Å². The molecule has 2 aromatic carbocycles. The number of rotatable bonds is 12. The van der Waals surface area contributed by atoms with E-state index in [9.17, 15) is 9.18 Å². The molecule has 2 heterocycles. The van der Waals surface area contributed by atoms with Gasteiger partial charge in [-0.15, -0.1) is 0 Å². The van der Waals surface area contributed by atoms with Gasteiger partial charge in [-0.3, -0.25) is 4.79 Å². The number of amides is 1. The highest BCUT2D eigenvalue weighted by atomic mass is 19.1. The van der Waals surface area contributed by atoms with Gasteiger partial charge in [-0.2, -0.15) is 0 Å². The Morgan fingerprint density at radius 1 is 1.06 bits per heavy atom. The predicted molar refractivity (Wildman–Crippen MR) is 136 cm³/mol. The van der Waals surface area contributed by atoms with Gasteiger partial charge in [-0.1, -0.05) is 68.7 Å². The maximum atomic E-state index is 14.1. The van der Waals surface area contributed by atoms with Gasteiger partial charge >= 0.3 is 0 Å². The molecule has 0 saturated carbocycles. The fourth-order valence-corrected chi connectivity index (χ4v) is 4.26. The van der Waals surface area contributed by atoms with Gasteiger partial charge in [0, 0.05) is 31.3 Å². The second-order valence-corrected chi connectivity index (χ2v) is 8.75. The largest absolute Gasteiger partial charge is 0.485 e.